The summed E-state index contributed by atoms with van der Waals surface area (Å²) in [6, 6.07) is 5.04. The van der Waals surface area contributed by atoms with E-state index in [1.54, 1.807) is 18.2 Å². The molecule has 0 aliphatic carbocycles. The third-order valence-electron chi connectivity index (χ3n) is 2.82. The molecule has 3 nitrogen and oxygen atoms in total. The van der Waals surface area contributed by atoms with Crippen LogP contribution in [0.1, 0.15) is 29.6 Å². The summed E-state index contributed by atoms with van der Waals surface area (Å²) < 4.78 is 11.4. The van der Waals surface area contributed by atoms with Crippen LogP contribution in [0, 0.1) is 0 Å². The summed E-state index contributed by atoms with van der Waals surface area (Å²) in [4.78, 5) is 11.9. The van der Waals surface area contributed by atoms with E-state index < -0.39 is 0 Å². The van der Waals surface area contributed by atoms with E-state index in [0.717, 1.165) is 25.9 Å². The van der Waals surface area contributed by atoms with Crippen LogP contribution < -0.4 is 0 Å². The summed E-state index contributed by atoms with van der Waals surface area (Å²) in [6.45, 7) is 1.06. The molecule has 1 saturated heterocycles. The van der Waals surface area contributed by atoms with Crippen LogP contribution in [0.4, 0.5) is 0 Å². The molecule has 1 aromatic carbocycles. The Morgan fingerprint density at radius 3 is 3.06 bits per heavy atom. The second kappa shape index (κ2) is 6.55. The first kappa shape index (κ1) is 13.8. The molecule has 0 N–H and O–H groups in total. The third kappa shape index (κ3) is 3.70. The van der Waals surface area contributed by atoms with Gasteiger partial charge in [-0.25, -0.2) is 4.79 Å². The van der Waals surface area contributed by atoms with Crippen LogP contribution in [0.15, 0.2) is 22.7 Å². The normalized spacial score (nSPS) is 19.6. The number of esters is 1. The van der Waals surface area contributed by atoms with E-state index in [2.05, 4.69) is 15.9 Å². The quantitative estimate of drug-likeness (QED) is 0.789. The number of carbonyl (C=O) groups excluding carboxylic acids is 1. The van der Waals surface area contributed by atoms with Crippen molar-refractivity contribution in [1.82, 2.24) is 0 Å². The van der Waals surface area contributed by atoms with Gasteiger partial charge >= 0.3 is 5.97 Å². The van der Waals surface area contributed by atoms with E-state index in [9.17, 15) is 4.79 Å². The van der Waals surface area contributed by atoms with Gasteiger partial charge < -0.3 is 9.47 Å². The number of rotatable bonds is 3. The Hall–Kier alpha value is -0.580. The molecule has 1 fully saturated rings. The summed E-state index contributed by atoms with van der Waals surface area (Å²) in [5.41, 5.74) is 0.443. The second-order valence-electron chi connectivity index (χ2n) is 4.21. The van der Waals surface area contributed by atoms with Crippen molar-refractivity contribution in [3.05, 3.63) is 33.3 Å². The summed E-state index contributed by atoms with van der Waals surface area (Å²) in [6.07, 6.45) is 3.19. The van der Waals surface area contributed by atoms with Gasteiger partial charge in [0.05, 0.1) is 11.7 Å². The van der Waals surface area contributed by atoms with Crippen LogP contribution in [-0.4, -0.2) is 25.3 Å². The van der Waals surface area contributed by atoms with Crippen LogP contribution in [0.25, 0.3) is 0 Å². The Balaban J connectivity index is 1.92. The topological polar surface area (TPSA) is 35.5 Å². The fourth-order valence-electron chi connectivity index (χ4n) is 1.84. The van der Waals surface area contributed by atoms with Gasteiger partial charge in [0.15, 0.2) is 0 Å². The molecule has 1 aliphatic rings. The Bertz CT molecular complexity index is 430. The van der Waals surface area contributed by atoms with Crippen molar-refractivity contribution >= 4 is 33.5 Å². The van der Waals surface area contributed by atoms with Gasteiger partial charge in [-0.05, 0) is 53.4 Å². The molecule has 0 spiro atoms. The Morgan fingerprint density at radius 1 is 1.50 bits per heavy atom. The Labute approximate surface area is 120 Å². The number of ether oxygens (including phenoxy) is 2. The first-order valence-electron chi connectivity index (χ1n) is 5.90. The van der Waals surface area contributed by atoms with Gasteiger partial charge in [-0.3, -0.25) is 0 Å². The van der Waals surface area contributed by atoms with Gasteiger partial charge in [0.25, 0.3) is 0 Å². The fraction of sp³-hybridized carbons (Fsp3) is 0.462. The van der Waals surface area contributed by atoms with Gasteiger partial charge in [-0.1, -0.05) is 11.6 Å². The highest BCUT2D eigenvalue weighted by Crippen LogP contribution is 2.22. The summed E-state index contributed by atoms with van der Waals surface area (Å²) in [5.74, 6) is -0.376. The molecule has 1 aromatic rings. The van der Waals surface area contributed by atoms with Crippen LogP contribution in [0.2, 0.25) is 5.02 Å². The molecule has 1 atom stereocenters. The zero-order chi connectivity index (χ0) is 13.0. The highest BCUT2D eigenvalue weighted by atomic mass is 79.9. The molecule has 1 unspecified atom stereocenters. The standard InChI is InChI=1S/C13H14BrClO3/c14-12-5-4-9(15)7-11(12)13(16)18-8-10-3-1-2-6-17-10/h4-5,7,10H,1-3,6,8H2. The highest BCUT2D eigenvalue weighted by Gasteiger charge is 2.18. The van der Waals surface area contributed by atoms with Gasteiger partial charge in [-0.2, -0.15) is 0 Å². The minimum Gasteiger partial charge on any atom is -0.459 e. The van der Waals surface area contributed by atoms with Crippen LogP contribution in [-0.2, 0) is 9.47 Å². The number of carbonyl (C=O) groups is 1. The average molecular weight is 334 g/mol. The molecule has 18 heavy (non-hydrogen) atoms. The van der Waals surface area contributed by atoms with Gasteiger partial charge in [0.1, 0.15) is 6.61 Å². The first-order chi connectivity index (χ1) is 8.66. The maximum Gasteiger partial charge on any atom is 0.339 e. The summed E-state index contributed by atoms with van der Waals surface area (Å²) >= 11 is 9.16. The van der Waals surface area contributed by atoms with Crippen molar-refractivity contribution in [3.8, 4) is 0 Å². The maximum atomic E-state index is 11.9. The molecule has 0 bridgehead atoms. The minimum absolute atomic E-state index is 0.0284. The monoisotopic (exact) mass is 332 g/mol. The minimum atomic E-state index is -0.376. The molecule has 2 rings (SSSR count). The molecule has 0 amide bonds. The molecule has 5 heteroatoms. The highest BCUT2D eigenvalue weighted by molar-refractivity contribution is 9.10. The van der Waals surface area contributed by atoms with Crippen LogP contribution in [0.5, 0.6) is 0 Å². The molecule has 98 valence electrons. The van der Waals surface area contributed by atoms with E-state index in [0.29, 0.717) is 21.7 Å². The average Bonchev–Trinajstić information content (AvgIpc) is 2.40. The molecule has 0 aromatic heterocycles. The third-order valence-corrected chi connectivity index (χ3v) is 3.75. The lowest BCUT2D eigenvalue weighted by Gasteiger charge is -2.22. The largest absolute Gasteiger partial charge is 0.459 e. The maximum absolute atomic E-state index is 11.9. The predicted molar refractivity (Wildman–Crippen MR) is 73.0 cm³/mol. The van der Waals surface area contributed by atoms with Crippen molar-refractivity contribution < 1.29 is 14.3 Å². The van der Waals surface area contributed by atoms with E-state index in [-0.39, 0.29) is 12.1 Å². The molecule has 1 aliphatic heterocycles. The second-order valence-corrected chi connectivity index (χ2v) is 5.50. The van der Waals surface area contributed by atoms with Crippen LogP contribution in [0.3, 0.4) is 0 Å². The lowest BCUT2D eigenvalue weighted by atomic mass is 10.1. The summed E-state index contributed by atoms with van der Waals surface area (Å²) in [5, 5.41) is 0.513. The van der Waals surface area contributed by atoms with E-state index in [1.165, 1.54) is 0 Å². The lowest BCUT2D eigenvalue weighted by molar-refractivity contribution is -0.0300. The van der Waals surface area contributed by atoms with E-state index in [1.807, 2.05) is 0 Å². The van der Waals surface area contributed by atoms with Gasteiger partial charge in [-0.15, -0.1) is 0 Å². The summed E-state index contributed by atoms with van der Waals surface area (Å²) in [7, 11) is 0. The van der Waals surface area contributed by atoms with Gasteiger partial charge in [0.2, 0.25) is 0 Å². The zero-order valence-corrected chi connectivity index (χ0v) is 12.2. The first-order valence-corrected chi connectivity index (χ1v) is 7.07. The van der Waals surface area contributed by atoms with Crippen molar-refractivity contribution in [2.24, 2.45) is 0 Å². The molecule has 1 heterocycles. The number of benzene rings is 1. The molecule has 0 radical (unpaired) electrons. The molecule has 0 saturated carbocycles. The SMILES string of the molecule is O=C(OCC1CCCCO1)c1cc(Cl)ccc1Br. The number of hydrogen-bond acceptors (Lipinski definition) is 3. The van der Waals surface area contributed by atoms with E-state index >= 15 is 0 Å². The van der Waals surface area contributed by atoms with Crippen LogP contribution >= 0.6 is 27.5 Å². The Morgan fingerprint density at radius 2 is 2.33 bits per heavy atom. The van der Waals surface area contributed by atoms with E-state index in [4.69, 9.17) is 21.1 Å². The van der Waals surface area contributed by atoms with Crippen molar-refractivity contribution in [3.63, 3.8) is 0 Å². The zero-order valence-electron chi connectivity index (χ0n) is 9.83. The number of halogens is 2. The van der Waals surface area contributed by atoms with Crippen molar-refractivity contribution in [2.75, 3.05) is 13.2 Å². The molecular formula is C13H14BrClO3. The number of hydrogen-bond donors (Lipinski definition) is 0. The lowest BCUT2D eigenvalue weighted by Crippen LogP contribution is -2.26. The van der Waals surface area contributed by atoms with Crippen molar-refractivity contribution in [2.45, 2.75) is 25.4 Å². The Kier molecular flexibility index (Phi) is 5.03. The molecular weight excluding hydrogens is 319 g/mol. The predicted octanol–water partition coefficient (Wildman–Crippen LogP) is 3.83. The fourth-order valence-corrected chi connectivity index (χ4v) is 2.42. The van der Waals surface area contributed by atoms with Gasteiger partial charge in [0, 0.05) is 16.1 Å². The van der Waals surface area contributed by atoms with Crippen molar-refractivity contribution in [1.29, 1.82) is 0 Å². The smallest absolute Gasteiger partial charge is 0.339 e.